The predicted molar refractivity (Wildman–Crippen MR) is 73.9 cm³/mol. The van der Waals surface area contributed by atoms with Gasteiger partial charge in [0, 0.05) is 10.1 Å². The molecular weight excluding hydrogens is 285 g/mol. The Labute approximate surface area is 116 Å². The fraction of sp³-hybridized carbons (Fsp3) is 0.0667. The number of hydrogen-bond donors (Lipinski definition) is 1. The molecule has 1 nitrogen and oxygen atoms in total. The van der Waals surface area contributed by atoms with Crippen LogP contribution in [0.15, 0.2) is 48.5 Å². The molecule has 0 unspecified atom stereocenters. The second-order valence-corrected chi connectivity index (χ2v) is 5.41. The van der Waals surface area contributed by atoms with Gasteiger partial charge in [-0.25, -0.2) is 0 Å². The zero-order valence-electron chi connectivity index (χ0n) is 10.1. The smallest absolute Gasteiger partial charge is 0.416 e. The maximum Gasteiger partial charge on any atom is 0.416 e. The molecular formula is C15H9F3OS. The zero-order chi connectivity index (χ0) is 14.3. The second-order valence-electron chi connectivity index (χ2n) is 4.35. The van der Waals surface area contributed by atoms with Crippen LogP contribution in [0.4, 0.5) is 13.2 Å². The van der Waals surface area contributed by atoms with E-state index in [-0.39, 0.29) is 11.1 Å². The highest BCUT2D eigenvalue weighted by Crippen LogP contribution is 2.45. The van der Waals surface area contributed by atoms with Crippen LogP contribution in [0.3, 0.4) is 0 Å². The van der Waals surface area contributed by atoms with Crippen LogP contribution in [0, 0.1) is 0 Å². The number of halogens is 3. The van der Waals surface area contributed by atoms with Crippen LogP contribution in [0.1, 0.15) is 5.56 Å². The molecule has 1 N–H and O–H groups in total. The largest absolute Gasteiger partial charge is 0.506 e. The minimum atomic E-state index is -4.41. The molecule has 20 heavy (non-hydrogen) atoms. The monoisotopic (exact) mass is 294 g/mol. The fourth-order valence-electron chi connectivity index (χ4n) is 2.05. The van der Waals surface area contributed by atoms with Crippen LogP contribution in [-0.2, 0) is 6.18 Å². The lowest BCUT2D eigenvalue weighted by Gasteiger charge is -2.05. The number of aromatic hydroxyl groups is 1. The summed E-state index contributed by atoms with van der Waals surface area (Å²) < 4.78 is 38.7. The van der Waals surface area contributed by atoms with Gasteiger partial charge in [-0.15, -0.1) is 11.3 Å². The van der Waals surface area contributed by atoms with Gasteiger partial charge in [0.15, 0.2) is 0 Å². The number of alkyl halides is 3. The lowest BCUT2D eigenvalue weighted by atomic mass is 10.1. The quantitative estimate of drug-likeness (QED) is 0.646. The first-order valence-electron chi connectivity index (χ1n) is 5.85. The average molecular weight is 294 g/mol. The van der Waals surface area contributed by atoms with E-state index in [1.165, 1.54) is 17.4 Å². The number of benzene rings is 2. The maximum atomic E-state index is 12.7. The molecule has 3 rings (SSSR count). The highest BCUT2D eigenvalue weighted by molar-refractivity contribution is 7.22. The van der Waals surface area contributed by atoms with Gasteiger partial charge in [0.1, 0.15) is 5.75 Å². The maximum absolute atomic E-state index is 12.7. The van der Waals surface area contributed by atoms with E-state index in [2.05, 4.69) is 0 Å². The van der Waals surface area contributed by atoms with Gasteiger partial charge in [0.05, 0.1) is 10.4 Å². The molecule has 0 saturated carbocycles. The molecule has 1 heterocycles. The molecule has 0 aliphatic heterocycles. The molecule has 0 aliphatic carbocycles. The Kier molecular flexibility index (Phi) is 2.94. The molecule has 2 aromatic carbocycles. The molecule has 0 spiro atoms. The SMILES string of the molecule is Oc1c(-c2ccccc2)sc2ccc(C(F)(F)F)cc12. The molecule has 0 aliphatic rings. The summed E-state index contributed by atoms with van der Waals surface area (Å²) in [7, 11) is 0. The predicted octanol–water partition coefficient (Wildman–Crippen LogP) is 5.29. The lowest BCUT2D eigenvalue weighted by molar-refractivity contribution is -0.137. The van der Waals surface area contributed by atoms with Gasteiger partial charge in [-0.1, -0.05) is 30.3 Å². The Morgan fingerprint density at radius 2 is 1.65 bits per heavy atom. The third kappa shape index (κ3) is 2.14. The fourth-order valence-corrected chi connectivity index (χ4v) is 3.13. The summed E-state index contributed by atoms with van der Waals surface area (Å²) in [5.74, 6) is -0.0951. The number of hydrogen-bond acceptors (Lipinski definition) is 2. The molecule has 0 atom stereocenters. The molecule has 1 aromatic heterocycles. The minimum absolute atomic E-state index is 0.0951. The van der Waals surface area contributed by atoms with Crippen LogP contribution in [0.2, 0.25) is 0 Å². The van der Waals surface area contributed by atoms with Crippen molar-refractivity contribution in [3.05, 3.63) is 54.1 Å². The van der Waals surface area contributed by atoms with Crippen molar-refractivity contribution in [2.24, 2.45) is 0 Å². The Hall–Kier alpha value is -2.01. The van der Waals surface area contributed by atoms with Crippen LogP contribution in [-0.4, -0.2) is 5.11 Å². The third-order valence-corrected chi connectivity index (χ3v) is 4.23. The first-order valence-corrected chi connectivity index (χ1v) is 6.66. The summed E-state index contributed by atoms with van der Waals surface area (Å²) in [5, 5.41) is 10.4. The zero-order valence-corrected chi connectivity index (χ0v) is 10.9. The van der Waals surface area contributed by atoms with E-state index >= 15 is 0 Å². The number of rotatable bonds is 1. The average Bonchev–Trinajstić information content (AvgIpc) is 2.76. The van der Waals surface area contributed by atoms with Crippen molar-refractivity contribution < 1.29 is 18.3 Å². The van der Waals surface area contributed by atoms with Gasteiger partial charge in [-0.3, -0.25) is 0 Å². The van der Waals surface area contributed by atoms with Crippen molar-refractivity contribution in [2.75, 3.05) is 0 Å². The van der Waals surface area contributed by atoms with Crippen molar-refractivity contribution in [2.45, 2.75) is 6.18 Å². The van der Waals surface area contributed by atoms with Crippen molar-refractivity contribution in [3.63, 3.8) is 0 Å². The molecule has 0 fully saturated rings. The molecule has 0 bridgehead atoms. The van der Waals surface area contributed by atoms with Crippen LogP contribution >= 0.6 is 11.3 Å². The van der Waals surface area contributed by atoms with Crippen molar-refractivity contribution >= 4 is 21.4 Å². The highest BCUT2D eigenvalue weighted by atomic mass is 32.1. The van der Waals surface area contributed by atoms with Gasteiger partial charge in [0.25, 0.3) is 0 Å². The molecule has 3 aromatic rings. The summed E-state index contributed by atoms with van der Waals surface area (Å²) >= 11 is 1.28. The molecule has 0 saturated heterocycles. The Morgan fingerprint density at radius 3 is 2.30 bits per heavy atom. The van der Waals surface area contributed by atoms with Gasteiger partial charge in [-0.05, 0) is 23.8 Å². The Balaban J connectivity index is 2.21. The molecule has 0 amide bonds. The van der Waals surface area contributed by atoms with Crippen molar-refractivity contribution in [1.82, 2.24) is 0 Å². The lowest BCUT2D eigenvalue weighted by Crippen LogP contribution is -2.03. The van der Waals surface area contributed by atoms with Crippen molar-refractivity contribution in [1.29, 1.82) is 0 Å². The Bertz CT molecular complexity index is 760. The first-order chi connectivity index (χ1) is 9.47. The Morgan fingerprint density at radius 1 is 0.950 bits per heavy atom. The van der Waals surface area contributed by atoms with E-state index in [0.717, 1.165) is 17.7 Å². The summed E-state index contributed by atoms with van der Waals surface area (Å²) in [6.07, 6.45) is -4.41. The van der Waals surface area contributed by atoms with Crippen LogP contribution < -0.4 is 0 Å². The first kappa shape index (κ1) is 13.0. The molecule has 5 heteroatoms. The second kappa shape index (κ2) is 4.52. The normalized spacial score (nSPS) is 11.9. The molecule has 102 valence electrons. The van der Waals surface area contributed by atoms with E-state index in [9.17, 15) is 18.3 Å². The van der Waals surface area contributed by atoms with Crippen LogP contribution in [0.25, 0.3) is 20.5 Å². The van der Waals surface area contributed by atoms with Crippen LogP contribution in [0.5, 0.6) is 5.75 Å². The standard InChI is InChI=1S/C15H9F3OS/c16-15(17,18)10-6-7-12-11(8-10)13(19)14(20-12)9-4-2-1-3-5-9/h1-8,19H. The highest BCUT2D eigenvalue weighted by Gasteiger charge is 2.31. The minimum Gasteiger partial charge on any atom is -0.506 e. The third-order valence-electron chi connectivity index (χ3n) is 3.03. The van der Waals surface area contributed by atoms with E-state index in [1.807, 2.05) is 30.3 Å². The molecule has 0 radical (unpaired) electrons. The van der Waals surface area contributed by atoms with Gasteiger partial charge >= 0.3 is 6.18 Å². The van der Waals surface area contributed by atoms with E-state index < -0.39 is 11.7 Å². The van der Waals surface area contributed by atoms with E-state index in [0.29, 0.717) is 9.58 Å². The van der Waals surface area contributed by atoms with Gasteiger partial charge in [-0.2, -0.15) is 13.2 Å². The number of fused-ring (bicyclic) bond motifs is 1. The van der Waals surface area contributed by atoms with E-state index in [4.69, 9.17) is 0 Å². The van der Waals surface area contributed by atoms with Gasteiger partial charge in [0.2, 0.25) is 0 Å². The van der Waals surface area contributed by atoms with Gasteiger partial charge < -0.3 is 5.11 Å². The summed E-state index contributed by atoms with van der Waals surface area (Å²) in [6.45, 7) is 0. The van der Waals surface area contributed by atoms with Crippen molar-refractivity contribution in [3.8, 4) is 16.2 Å². The topological polar surface area (TPSA) is 20.2 Å². The summed E-state index contributed by atoms with van der Waals surface area (Å²) in [6, 6.07) is 12.5. The summed E-state index contributed by atoms with van der Waals surface area (Å²) in [5.41, 5.74) is 0.0393. The summed E-state index contributed by atoms with van der Waals surface area (Å²) in [4.78, 5) is 0.583. The number of thiophene rings is 1. The van der Waals surface area contributed by atoms with E-state index in [1.54, 1.807) is 0 Å².